The van der Waals surface area contributed by atoms with Crippen LogP contribution in [0.3, 0.4) is 0 Å². The van der Waals surface area contributed by atoms with Gasteiger partial charge in [-0.1, -0.05) is 48.5 Å². The van der Waals surface area contributed by atoms with Gasteiger partial charge >= 0.3 is 11.9 Å². The van der Waals surface area contributed by atoms with Crippen LogP contribution in [0.4, 0.5) is 4.39 Å². The average molecular weight is 454 g/mol. The molecule has 0 saturated carbocycles. The van der Waals surface area contributed by atoms with Crippen molar-refractivity contribution in [3.05, 3.63) is 93.8 Å². The number of phenolic OH excluding ortho intramolecular Hbond substituents is 2. The molecule has 0 heterocycles. The number of aromatic hydroxyl groups is 2. The zero-order valence-electron chi connectivity index (χ0n) is 21.6. The van der Waals surface area contributed by atoms with Gasteiger partial charge in [-0.15, -0.1) is 0 Å². The van der Waals surface area contributed by atoms with Crippen molar-refractivity contribution in [3.8, 4) is 11.5 Å². The second-order valence-corrected chi connectivity index (χ2v) is 6.64. The number of rotatable bonds is 6. The van der Waals surface area contributed by atoms with E-state index in [2.05, 4.69) is 9.47 Å². The van der Waals surface area contributed by atoms with Crippen LogP contribution in [0.5, 0.6) is 11.5 Å². The van der Waals surface area contributed by atoms with Crippen LogP contribution in [-0.4, -0.2) is 36.4 Å². The minimum Gasteiger partial charge on any atom is -0.507 e. The van der Waals surface area contributed by atoms with Crippen LogP contribution < -0.4 is 0 Å². The quantitative estimate of drug-likeness (QED) is 0.304. The lowest BCUT2D eigenvalue weighted by Gasteiger charge is -2.04. The Hall–Kier alpha value is -4.39. The van der Waals surface area contributed by atoms with Gasteiger partial charge in [0.1, 0.15) is 28.4 Å². The maximum atomic E-state index is 15.0. The van der Waals surface area contributed by atoms with Gasteiger partial charge in [0.2, 0.25) is 0 Å². The Bertz CT molecular complexity index is 1470. The Balaban J connectivity index is 2.01. The first-order valence-corrected chi connectivity index (χ1v) is 9.48. The van der Waals surface area contributed by atoms with Gasteiger partial charge in [-0.2, -0.15) is 0 Å². The van der Waals surface area contributed by atoms with Gasteiger partial charge in [0.05, 0.1) is 19.7 Å². The number of carbonyl (C=O) groups is 2. The Kier molecular flexibility index (Phi) is 5.67. The van der Waals surface area contributed by atoms with Crippen LogP contribution >= 0.6 is 0 Å². The fourth-order valence-corrected chi connectivity index (χ4v) is 2.75. The number of phenols is 2. The van der Waals surface area contributed by atoms with E-state index in [0.29, 0.717) is 0 Å². The zero-order valence-corrected chi connectivity index (χ0v) is 17.6. The standard InChI is InChI=1S/C26H21FO6/c1-32-25(30)20-13-16(7-11-23(20)28)3-4-18-6-10-19(22(27)15-18)9-5-17-8-12-24(29)21(14-17)26(31)33-2/h3-15,28-29H,1-2H3/b4-3+,9-5+/i3D,4D,5D,9D,25+1,26+1. The second-order valence-electron chi connectivity index (χ2n) is 6.64. The van der Waals surface area contributed by atoms with E-state index < -0.39 is 35.9 Å². The number of ether oxygens (including phenoxy) is 2. The minimum atomic E-state index is -0.933. The number of carbonyl (C=O) groups excluding carboxylic acids is 2. The molecule has 0 radical (unpaired) electrons. The van der Waals surface area contributed by atoms with Crippen LogP contribution in [0.2, 0.25) is 0 Å². The first kappa shape index (κ1) is 18.2. The van der Waals surface area contributed by atoms with Crippen molar-refractivity contribution in [3.63, 3.8) is 0 Å². The largest absolute Gasteiger partial charge is 0.507 e. The minimum absolute atomic E-state index is 0.00381. The topological polar surface area (TPSA) is 93.1 Å². The molecule has 0 aliphatic carbocycles. The molecule has 6 nitrogen and oxygen atoms in total. The maximum Gasteiger partial charge on any atom is 0.341 e. The summed E-state index contributed by atoms with van der Waals surface area (Å²) in [7, 11) is 2.25. The maximum absolute atomic E-state index is 15.0. The van der Waals surface area contributed by atoms with E-state index in [0.717, 1.165) is 32.4 Å². The van der Waals surface area contributed by atoms with E-state index in [1.807, 2.05) is 0 Å². The van der Waals surface area contributed by atoms with Crippen molar-refractivity contribution in [2.75, 3.05) is 14.2 Å². The van der Waals surface area contributed by atoms with Crippen molar-refractivity contribution < 1.29 is 39.1 Å². The summed E-state index contributed by atoms with van der Waals surface area (Å²) in [5.41, 5.74) is -0.513. The molecule has 168 valence electrons. The lowest BCUT2D eigenvalue weighted by Crippen LogP contribution is -2.01. The third kappa shape index (κ3) is 5.65. The number of halogens is 1. The molecular weight excluding hydrogens is 429 g/mol. The highest BCUT2D eigenvalue weighted by atomic mass is 19.1. The molecule has 3 aromatic rings. The van der Waals surface area contributed by atoms with Crippen molar-refractivity contribution >= 4 is 36.1 Å². The Morgan fingerprint density at radius 1 is 0.758 bits per heavy atom. The molecule has 0 spiro atoms. The van der Waals surface area contributed by atoms with Crippen LogP contribution in [0, 0.1) is 5.82 Å². The molecular formula is C26H21FO6. The molecule has 3 aromatic carbocycles. The SMILES string of the molecule is [2H]/C(=C(/[2H])c1ccc(O)c([13C](=O)OC)c1)c1ccc(/C([2H])=C(\[2H])c2ccc(O)c([13C](=O)OC)c2)c(F)c1. The van der Waals surface area contributed by atoms with Crippen LogP contribution in [0.1, 0.15) is 48.5 Å². The van der Waals surface area contributed by atoms with Crippen LogP contribution in [-0.2, 0) is 9.47 Å². The van der Waals surface area contributed by atoms with Crippen molar-refractivity contribution in [2.24, 2.45) is 0 Å². The molecule has 0 bridgehead atoms. The molecule has 33 heavy (non-hydrogen) atoms. The summed E-state index contributed by atoms with van der Waals surface area (Å²) in [6.07, 6.45) is 0. The van der Waals surface area contributed by atoms with E-state index in [9.17, 15) is 24.2 Å². The molecule has 0 amide bonds. The number of esters is 2. The van der Waals surface area contributed by atoms with Crippen LogP contribution in [0.15, 0.2) is 54.6 Å². The van der Waals surface area contributed by atoms with Gasteiger partial charge in [0.25, 0.3) is 0 Å². The third-order valence-electron chi connectivity index (χ3n) is 4.47. The first-order valence-electron chi connectivity index (χ1n) is 11.5. The van der Waals surface area contributed by atoms with Gasteiger partial charge in [-0.25, -0.2) is 14.0 Å². The fourth-order valence-electron chi connectivity index (χ4n) is 2.75. The third-order valence-corrected chi connectivity index (χ3v) is 4.47. The summed E-state index contributed by atoms with van der Waals surface area (Å²) >= 11 is 0. The van der Waals surface area contributed by atoms with E-state index in [-0.39, 0.29) is 50.9 Å². The summed E-state index contributed by atoms with van der Waals surface area (Å²) in [6.45, 7) is 0. The summed E-state index contributed by atoms with van der Waals surface area (Å²) in [5.74, 6) is -3.35. The molecule has 0 aromatic heterocycles. The summed E-state index contributed by atoms with van der Waals surface area (Å²) < 4.78 is 57.3. The molecule has 0 fully saturated rings. The molecule has 3 rings (SSSR count). The van der Waals surface area contributed by atoms with E-state index in [1.54, 1.807) is 0 Å². The highest BCUT2D eigenvalue weighted by molar-refractivity contribution is 5.94. The molecule has 0 atom stereocenters. The van der Waals surface area contributed by atoms with Gasteiger partial charge in [-0.3, -0.25) is 0 Å². The number of methoxy groups -OCH3 is 2. The average Bonchev–Trinajstić information content (AvgIpc) is 2.91. The van der Waals surface area contributed by atoms with Crippen molar-refractivity contribution in [1.82, 2.24) is 0 Å². The Morgan fingerprint density at radius 2 is 1.18 bits per heavy atom. The van der Waals surface area contributed by atoms with Gasteiger partial charge in [0.15, 0.2) is 0 Å². The number of hydrogen-bond donors (Lipinski definition) is 2. The van der Waals surface area contributed by atoms with Gasteiger partial charge in [0, 0.05) is 5.56 Å². The Labute approximate surface area is 195 Å². The van der Waals surface area contributed by atoms with Gasteiger partial charge < -0.3 is 19.7 Å². The molecule has 0 unspecified atom stereocenters. The predicted molar refractivity (Wildman–Crippen MR) is 123 cm³/mol. The molecule has 7 heteroatoms. The molecule has 0 saturated heterocycles. The molecule has 0 aliphatic heterocycles. The normalized spacial score (nSPS) is 14.0. The highest BCUT2D eigenvalue weighted by Crippen LogP contribution is 2.23. The van der Waals surface area contributed by atoms with Crippen LogP contribution in [0.25, 0.3) is 24.2 Å². The van der Waals surface area contributed by atoms with Crippen molar-refractivity contribution in [1.29, 1.82) is 0 Å². The second kappa shape index (κ2) is 10.3. The lowest BCUT2D eigenvalue weighted by atomic mass is 10.1. The molecule has 0 aliphatic rings. The van der Waals surface area contributed by atoms with Crippen molar-refractivity contribution in [2.45, 2.75) is 0 Å². The monoisotopic (exact) mass is 454 g/mol. The fraction of sp³-hybridized carbons (Fsp3) is 0.0769. The first-order chi connectivity index (χ1) is 17.5. The predicted octanol–water partition coefficient (Wildman–Crippen LogP) is 5.15. The molecule has 2 N–H and O–H groups in total. The Morgan fingerprint density at radius 3 is 1.64 bits per heavy atom. The van der Waals surface area contributed by atoms with E-state index >= 15 is 0 Å². The lowest BCUT2D eigenvalue weighted by molar-refractivity contribution is 0.0588. The summed E-state index contributed by atoms with van der Waals surface area (Å²) in [5, 5.41) is 19.7. The summed E-state index contributed by atoms with van der Waals surface area (Å²) in [4.78, 5) is 23.6. The highest BCUT2D eigenvalue weighted by Gasteiger charge is 2.12. The van der Waals surface area contributed by atoms with E-state index in [4.69, 9.17) is 5.48 Å². The van der Waals surface area contributed by atoms with Gasteiger partial charge in [-0.05, 0) is 47.0 Å². The smallest absolute Gasteiger partial charge is 0.341 e. The summed E-state index contributed by atoms with van der Waals surface area (Å²) in [6, 6.07) is 9.00. The number of hydrogen-bond acceptors (Lipinski definition) is 6. The van der Waals surface area contributed by atoms with E-state index in [1.165, 1.54) is 36.4 Å². The number of benzene rings is 3. The zero-order chi connectivity index (χ0) is 27.4.